The molecule has 0 saturated carbocycles. The van der Waals surface area contributed by atoms with E-state index in [1.165, 1.54) is 7.11 Å². The van der Waals surface area contributed by atoms with E-state index in [1.807, 2.05) is 0 Å². The Morgan fingerprint density at radius 2 is 2.18 bits per heavy atom. The lowest BCUT2D eigenvalue weighted by molar-refractivity contribution is 0.372. The van der Waals surface area contributed by atoms with Crippen LogP contribution in [0, 0.1) is 6.92 Å². The highest BCUT2D eigenvalue weighted by atomic mass is 79.9. The molecule has 0 bridgehead atoms. The van der Waals surface area contributed by atoms with Gasteiger partial charge in [-0.2, -0.15) is 0 Å². The third-order valence-electron chi connectivity index (χ3n) is 1.27. The number of halogens is 1. The lowest BCUT2D eigenvalue weighted by Gasteiger charge is -2.05. The first-order chi connectivity index (χ1) is 5.15. The number of rotatable bonds is 1. The third-order valence-corrected chi connectivity index (χ3v) is 1.88. The maximum absolute atomic E-state index is 9.29. The van der Waals surface area contributed by atoms with Crippen molar-refractivity contribution >= 4 is 15.9 Å². The van der Waals surface area contributed by atoms with E-state index in [0.717, 1.165) is 0 Å². The van der Waals surface area contributed by atoms with E-state index in [-0.39, 0.29) is 5.75 Å². The molecule has 2 nitrogen and oxygen atoms in total. The molecule has 0 aromatic heterocycles. The van der Waals surface area contributed by atoms with Crippen LogP contribution in [0.3, 0.4) is 0 Å². The van der Waals surface area contributed by atoms with Gasteiger partial charge in [-0.05, 0) is 40.5 Å². The van der Waals surface area contributed by atoms with Gasteiger partial charge < -0.3 is 9.84 Å². The topological polar surface area (TPSA) is 29.5 Å². The average Bonchev–Trinajstić information content (AvgIpc) is 1.96. The molecule has 0 atom stereocenters. The molecule has 0 fully saturated rings. The molecule has 1 aromatic rings. The number of ether oxygens (including phenoxy) is 1. The van der Waals surface area contributed by atoms with Gasteiger partial charge in [-0.25, -0.2) is 0 Å². The number of phenolic OH excluding ortho intramolecular Hbond substituents is 1. The molecule has 0 spiro atoms. The second kappa shape index (κ2) is 3.13. The Kier molecular flexibility index (Phi) is 2.39. The summed E-state index contributed by atoms with van der Waals surface area (Å²) in [5, 5.41) is 9.29. The van der Waals surface area contributed by atoms with E-state index in [1.54, 1.807) is 12.1 Å². The van der Waals surface area contributed by atoms with Crippen LogP contribution in [0.5, 0.6) is 11.5 Å². The van der Waals surface area contributed by atoms with Crippen LogP contribution in [0.1, 0.15) is 5.56 Å². The van der Waals surface area contributed by atoms with E-state index in [0.29, 0.717) is 15.8 Å². The Bertz CT molecular complexity index is 271. The summed E-state index contributed by atoms with van der Waals surface area (Å²) in [6, 6.07) is 3.16. The van der Waals surface area contributed by atoms with Crippen molar-refractivity contribution in [2.24, 2.45) is 0 Å². The zero-order valence-electron chi connectivity index (χ0n) is 5.97. The molecule has 0 heterocycles. The molecule has 11 heavy (non-hydrogen) atoms. The molecule has 58 valence electrons. The quantitative estimate of drug-likeness (QED) is 0.778. The highest BCUT2D eigenvalue weighted by Gasteiger charge is 2.05. The number of phenols is 1. The molecular formula is C8H7BrO2. The molecule has 0 amide bonds. The molecule has 3 heteroatoms. The van der Waals surface area contributed by atoms with Gasteiger partial charge in [0, 0.05) is 0 Å². The molecule has 1 rings (SSSR count). The summed E-state index contributed by atoms with van der Waals surface area (Å²) in [4.78, 5) is 0. The van der Waals surface area contributed by atoms with Gasteiger partial charge in [0.25, 0.3) is 0 Å². The Hall–Kier alpha value is -0.700. The van der Waals surface area contributed by atoms with E-state index in [4.69, 9.17) is 11.7 Å². The smallest absolute Gasteiger partial charge is 0.172 e. The van der Waals surface area contributed by atoms with Gasteiger partial charge >= 0.3 is 0 Å². The lowest BCUT2D eigenvalue weighted by Crippen LogP contribution is -1.85. The van der Waals surface area contributed by atoms with Crippen molar-refractivity contribution in [3.8, 4) is 11.5 Å². The second-order valence-electron chi connectivity index (χ2n) is 2.05. The van der Waals surface area contributed by atoms with Crippen LogP contribution in [-0.2, 0) is 0 Å². The summed E-state index contributed by atoms with van der Waals surface area (Å²) >= 11 is 3.13. The van der Waals surface area contributed by atoms with E-state index < -0.39 is 0 Å². The summed E-state index contributed by atoms with van der Waals surface area (Å²) in [5.41, 5.74) is 0.548. The number of hydrogen-bond acceptors (Lipinski definition) is 2. The predicted octanol–water partition coefficient (Wildman–Crippen LogP) is 2.22. The first kappa shape index (κ1) is 8.40. The van der Waals surface area contributed by atoms with Crippen LogP contribution in [0.2, 0.25) is 0 Å². The van der Waals surface area contributed by atoms with E-state index in [9.17, 15) is 5.11 Å². The maximum Gasteiger partial charge on any atom is 0.172 e. The fourth-order valence-corrected chi connectivity index (χ4v) is 1.21. The third kappa shape index (κ3) is 1.66. The van der Waals surface area contributed by atoms with Crippen molar-refractivity contribution < 1.29 is 9.84 Å². The van der Waals surface area contributed by atoms with E-state index >= 15 is 0 Å². The minimum absolute atomic E-state index is 0.0710. The van der Waals surface area contributed by atoms with Crippen molar-refractivity contribution in [2.75, 3.05) is 7.11 Å². The van der Waals surface area contributed by atoms with Crippen molar-refractivity contribution in [1.82, 2.24) is 0 Å². The monoisotopic (exact) mass is 214 g/mol. The average molecular weight is 215 g/mol. The summed E-state index contributed by atoms with van der Waals surface area (Å²) in [6.07, 6.45) is 0. The summed E-state index contributed by atoms with van der Waals surface area (Å²) in [7, 11) is 1.47. The van der Waals surface area contributed by atoms with Crippen LogP contribution in [0.25, 0.3) is 0 Å². The summed E-state index contributed by atoms with van der Waals surface area (Å²) < 4.78 is 5.38. The second-order valence-corrected chi connectivity index (χ2v) is 2.91. The SMILES string of the molecule is [CH]c1cc(Br)c(O)c(OC)c1. The fraction of sp³-hybridized carbons (Fsp3) is 0.125. The van der Waals surface area contributed by atoms with Crippen molar-refractivity contribution in [1.29, 1.82) is 0 Å². The van der Waals surface area contributed by atoms with Crippen molar-refractivity contribution in [3.05, 3.63) is 29.1 Å². The molecule has 0 unspecified atom stereocenters. The first-order valence-electron chi connectivity index (χ1n) is 2.97. The summed E-state index contributed by atoms with van der Waals surface area (Å²) in [6.45, 7) is 5.48. The Morgan fingerprint density at radius 1 is 1.55 bits per heavy atom. The molecule has 0 aliphatic rings. The molecule has 1 N–H and O–H groups in total. The van der Waals surface area contributed by atoms with E-state index in [2.05, 4.69) is 15.9 Å². The largest absolute Gasteiger partial charge is 0.503 e. The minimum atomic E-state index is 0.0710. The zero-order chi connectivity index (χ0) is 8.43. The van der Waals surface area contributed by atoms with Crippen LogP contribution in [-0.4, -0.2) is 12.2 Å². The molecule has 2 radical (unpaired) electrons. The van der Waals surface area contributed by atoms with Gasteiger partial charge in [0.2, 0.25) is 0 Å². The van der Waals surface area contributed by atoms with Gasteiger partial charge in [-0.1, -0.05) is 0 Å². The molecular weight excluding hydrogens is 208 g/mol. The molecule has 1 aromatic carbocycles. The van der Waals surface area contributed by atoms with Gasteiger partial charge in [-0.15, -0.1) is 0 Å². The molecule has 0 aliphatic heterocycles. The highest BCUT2D eigenvalue weighted by molar-refractivity contribution is 9.10. The summed E-state index contributed by atoms with van der Waals surface area (Å²) in [5.74, 6) is 0.443. The van der Waals surface area contributed by atoms with Crippen LogP contribution >= 0.6 is 15.9 Å². The number of aromatic hydroxyl groups is 1. The van der Waals surface area contributed by atoms with Crippen molar-refractivity contribution in [2.45, 2.75) is 0 Å². The standard InChI is InChI=1S/C8H7BrO2/c1-5-3-6(9)8(10)7(4-5)11-2/h1,3-4,10H,2H3. The Labute approximate surface area is 73.9 Å². The Morgan fingerprint density at radius 3 is 2.73 bits per heavy atom. The van der Waals surface area contributed by atoms with Gasteiger partial charge in [0.15, 0.2) is 11.5 Å². The van der Waals surface area contributed by atoms with Crippen LogP contribution in [0.4, 0.5) is 0 Å². The van der Waals surface area contributed by atoms with Crippen LogP contribution < -0.4 is 4.74 Å². The number of benzene rings is 1. The van der Waals surface area contributed by atoms with Crippen molar-refractivity contribution in [3.63, 3.8) is 0 Å². The van der Waals surface area contributed by atoms with Crippen LogP contribution in [0.15, 0.2) is 16.6 Å². The zero-order valence-corrected chi connectivity index (χ0v) is 7.55. The lowest BCUT2D eigenvalue weighted by atomic mass is 10.2. The number of methoxy groups -OCH3 is 1. The maximum atomic E-state index is 9.29. The normalized spacial score (nSPS) is 9.73. The van der Waals surface area contributed by atoms with Gasteiger partial charge in [-0.3, -0.25) is 0 Å². The number of hydrogen-bond donors (Lipinski definition) is 1. The minimum Gasteiger partial charge on any atom is -0.503 e. The van der Waals surface area contributed by atoms with Gasteiger partial charge in [0.05, 0.1) is 11.6 Å². The predicted molar refractivity (Wildman–Crippen MR) is 45.8 cm³/mol. The first-order valence-corrected chi connectivity index (χ1v) is 3.76. The molecule has 0 aliphatic carbocycles. The fourth-order valence-electron chi connectivity index (χ4n) is 0.749. The van der Waals surface area contributed by atoms with Gasteiger partial charge in [0.1, 0.15) is 0 Å². The Balaban J connectivity index is 3.24. The molecule has 0 saturated heterocycles. The highest BCUT2D eigenvalue weighted by Crippen LogP contribution is 2.34.